The van der Waals surface area contributed by atoms with E-state index in [1.54, 1.807) is 38.2 Å². The topological polar surface area (TPSA) is 52.6 Å². The van der Waals surface area contributed by atoms with Gasteiger partial charge in [0.2, 0.25) is 0 Å². The first-order valence-electron chi connectivity index (χ1n) is 9.21. The van der Waals surface area contributed by atoms with E-state index in [1.165, 1.54) is 12.2 Å². The molecule has 28 heavy (non-hydrogen) atoms. The van der Waals surface area contributed by atoms with Crippen LogP contribution in [0.25, 0.3) is 0 Å². The Kier molecular flexibility index (Phi) is 15.3. The molecular weight excluding hydrogens is 352 g/mol. The monoisotopic (exact) mass is 382 g/mol. The summed E-state index contributed by atoms with van der Waals surface area (Å²) >= 11 is 0. The second-order valence-electron chi connectivity index (χ2n) is 5.53. The predicted molar refractivity (Wildman–Crippen MR) is 116 cm³/mol. The second kappa shape index (κ2) is 17.3. The molecule has 0 aliphatic carbocycles. The number of hydrogen-bond acceptors (Lipinski definition) is 4. The third-order valence-electron chi connectivity index (χ3n) is 3.03. The molecule has 0 N–H and O–H groups in total. The molecule has 0 aliphatic heterocycles. The van der Waals surface area contributed by atoms with Crippen LogP contribution in [0.15, 0.2) is 96.2 Å². The lowest BCUT2D eigenvalue weighted by Gasteiger charge is -1.92. The van der Waals surface area contributed by atoms with Gasteiger partial charge in [-0.2, -0.15) is 0 Å². The first-order valence-corrected chi connectivity index (χ1v) is 9.21. The van der Waals surface area contributed by atoms with Crippen LogP contribution < -0.4 is 0 Å². The van der Waals surface area contributed by atoms with E-state index in [0.717, 1.165) is 11.1 Å². The van der Waals surface area contributed by atoms with Gasteiger partial charge in [0, 0.05) is 12.2 Å². The summed E-state index contributed by atoms with van der Waals surface area (Å²) < 4.78 is 9.57. The molecule has 0 heterocycles. The quantitative estimate of drug-likeness (QED) is 0.275. The SMILES string of the molecule is CCOC(=O)/C=C/C=C/C=C(C)/C=C/C=C/C(C)=C/C=C/C=C/C(=O)OCC. The summed E-state index contributed by atoms with van der Waals surface area (Å²) in [5.41, 5.74) is 2.16. The molecule has 0 bridgehead atoms. The zero-order valence-corrected chi connectivity index (χ0v) is 17.1. The standard InChI is InChI=1S/C24H30O4/c1-5-27-23(25)19-11-7-9-15-21(3)17-13-14-18-22(4)16-10-8-12-20-24(26)28-6-2/h7-20H,5-6H2,1-4H3/b9-7+,10-8+,17-13+,18-14+,19-11+,20-12+,21-15+,22-16+. The first kappa shape index (κ1) is 24.9. The fourth-order valence-corrected chi connectivity index (χ4v) is 1.72. The van der Waals surface area contributed by atoms with Gasteiger partial charge < -0.3 is 9.47 Å². The van der Waals surface area contributed by atoms with E-state index >= 15 is 0 Å². The van der Waals surface area contributed by atoms with E-state index in [1.807, 2.05) is 62.5 Å². The molecule has 0 aromatic rings. The molecule has 0 radical (unpaired) electrons. The maximum atomic E-state index is 11.1. The molecule has 4 nitrogen and oxygen atoms in total. The van der Waals surface area contributed by atoms with E-state index in [2.05, 4.69) is 0 Å². The molecule has 0 saturated heterocycles. The van der Waals surface area contributed by atoms with E-state index in [9.17, 15) is 9.59 Å². The minimum Gasteiger partial charge on any atom is -0.463 e. The summed E-state index contributed by atoms with van der Waals surface area (Å²) in [4.78, 5) is 22.2. The van der Waals surface area contributed by atoms with Crippen LogP contribution in [-0.2, 0) is 19.1 Å². The van der Waals surface area contributed by atoms with Crippen LogP contribution in [0.5, 0.6) is 0 Å². The third-order valence-corrected chi connectivity index (χ3v) is 3.03. The largest absolute Gasteiger partial charge is 0.463 e. The maximum absolute atomic E-state index is 11.1. The summed E-state index contributed by atoms with van der Waals surface area (Å²) in [6, 6.07) is 0. The van der Waals surface area contributed by atoms with Crippen molar-refractivity contribution in [3.05, 3.63) is 96.2 Å². The van der Waals surface area contributed by atoms with Crippen LogP contribution in [-0.4, -0.2) is 25.2 Å². The van der Waals surface area contributed by atoms with Gasteiger partial charge in [-0.05, 0) is 27.7 Å². The number of ether oxygens (including phenoxy) is 2. The van der Waals surface area contributed by atoms with Gasteiger partial charge in [0.05, 0.1) is 13.2 Å². The Bertz CT molecular complexity index is 649. The van der Waals surface area contributed by atoms with Crippen molar-refractivity contribution in [2.75, 3.05) is 13.2 Å². The van der Waals surface area contributed by atoms with Crippen molar-refractivity contribution in [1.29, 1.82) is 0 Å². The van der Waals surface area contributed by atoms with Gasteiger partial charge in [-0.3, -0.25) is 0 Å². The molecule has 0 aromatic heterocycles. The van der Waals surface area contributed by atoms with Crippen molar-refractivity contribution in [3.8, 4) is 0 Å². The highest BCUT2D eigenvalue weighted by molar-refractivity contribution is 5.82. The Balaban J connectivity index is 4.38. The molecule has 0 amide bonds. The summed E-state index contributed by atoms with van der Waals surface area (Å²) in [5.74, 6) is -0.683. The van der Waals surface area contributed by atoms with Gasteiger partial charge >= 0.3 is 11.9 Å². The van der Waals surface area contributed by atoms with Crippen molar-refractivity contribution in [1.82, 2.24) is 0 Å². The first-order chi connectivity index (χ1) is 13.5. The lowest BCUT2D eigenvalue weighted by Crippen LogP contribution is -1.98. The lowest BCUT2D eigenvalue weighted by molar-refractivity contribution is -0.138. The number of allylic oxidation sites excluding steroid dienone is 14. The second-order valence-corrected chi connectivity index (χ2v) is 5.53. The fraction of sp³-hybridized carbons (Fsp3) is 0.250. The Hall–Kier alpha value is -3.14. The smallest absolute Gasteiger partial charge is 0.330 e. The van der Waals surface area contributed by atoms with Crippen LogP contribution in [0.1, 0.15) is 27.7 Å². The number of hydrogen-bond donors (Lipinski definition) is 0. The van der Waals surface area contributed by atoms with Gasteiger partial charge in [0.15, 0.2) is 0 Å². The van der Waals surface area contributed by atoms with E-state index in [4.69, 9.17) is 9.47 Å². The molecule has 0 unspecified atom stereocenters. The van der Waals surface area contributed by atoms with Gasteiger partial charge in [-0.15, -0.1) is 0 Å². The van der Waals surface area contributed by atoms with Crippen LogP contribution in [0, 0.1) is 0 Å². The number of carbonyl (C=O) groups is 2. The van der Waals surface area contributed by atoms with Gasteiger partial charge in [0.25, 0.3) is 0 Å². The normalized spacial score (nSPS) is 13.9. The highest BCUT2D eigenvalue weighted by atomic mass is 16.5. The molecular formula is C24H30O4. The Morgan fingerprint density at radius 3 is 1.29 bits per heavy atom. The number of rotatable bonds is 11. The van der Waals surface area contributed by atoms with Crippen molar-refractivity contribution < 1.29 is 19.1 Å². The van der Waals surface area contributed by atoms with Crippen LogP contribution >= 0.6 is 0 Å². The molecule has 0 saturated carbocycles. The molecule has 4 heteroatoms. The zero-order chi connectivity index (χ0) is 21.0. The van der Waals surface area contributed by atoms with Gasteiger partial charge in [-0.25, -0.2) is 9.59 Å². The summed E-state index contributed by atoms with van der Waals surface area (Å²) in [5, 5.41) is 0. The Morgan fingerprint density at radius 1 is 0.571 bits per heavy atom. The molecule has 0 fully saturated rings. The predicted octanol–water partition coefficient (Wildman–Crippen LogP) is 5.34. The van der Waals surface area contributed by atoms with E-state index in [0.29, 0.717) is 13.2 Å². The molecule has 150 valence electrons. The zero-order valence-electron chi connectivity index (χ0n) is 17.1. The summed E-state index contributed by atoms with van der Waals surface area (Å²) in [6.07, 6.45) is 25.1. The molecule has 0 rings (SSSR count). The van der Waals surface area contributed by atoms with Gasteiger partial charge in [0.1, 0.15) is 0 Å². The van der Waals surface area contributed by atoms with Gasteiger partial charge in [-0.1, -0.05) is 84.1 Å². The van der Waals surface area contributed by atoms with E-state index < -0.39 is 0 Å². The van der Waals surface area contributed by atoms with Crippen molar-refractivity contribution in [3.63, 3.8) is 0 Å². The van der Waals surface area contributed by atoms with Crippen LogP contribution in [0.2, 0.25) is 0 Å². The highest BCUT2D eigenvalue weighted by Crippen LogP contribution is 1.99. The summed E-state index contributed by atoms with van der Waals surface area (Å²) in [6.45, 7) is 8.28. The average molecular weight is 383 g/mol. The molecule has 0 atom stereocenters. The Labute approximate surface area is 168 Å². The lowest BCUT2D eigenvalue weighted by atomic mass is 10.2. The van der Waals surface area contributed by atoms with Crippen molar-refractivity contribution in [2.24, 2.45) is 0 Å². The van der Waals surface area contributed by atoms with Crippen LogP contribution in [0.4, 0.5) is 0 Å². The molecule has 0 aliphatic rings. The number of carbonyl (C=O) groups excluding carboxylic acids is 2. The molecule has 0 spiro atoms. The Morgan fingerprint density at radius 2 is 0.929 bits per heavy atom. The van der Waals surface area contributed by atoms with E-state index in [-0.39, 0.29) is 11.9 Å². The van der Waals surface area contributed by atoms with Crippen molar-refractivity contribution in [2.45, 2.75) is 27.7 Å². The summed E-state index contributed by atoms with van der Waals surface area (Å²) in [7, 11) is 0. The average Bonchev–Trinajstić information content (AvgIpc) is 2.65. The minimum atomic E-state index is -0.342. The fourth-order valence-electron chi connectivity index (χ4n) is 1.72. The molecule has 0 aromatic carbocycles. The minimum absolute atomic E-state index is 0.342. The van der Waals surface area contributed by atoms with Crippen molar-refractivity contribution >= 4 is 11.9 Å². The number of esters is 2. The van der Waals surface area contributed by atoms with Crippen LogP contribution in [0.3, 0.4) is 0 Å². The maximum Gasteiger partial charge on any atom is 0.330 e. The highest BCUT2D eigenvalue weighted by Gasteiger charge is 1.90. The third kappa shape index (κ3) is 16.3.